The molecule has 2 aromatic rings. The molecule has 0 unspecified atom stereocenters. The van der Waals surface area contributed by atoms with Gasteiger partial charge in [0.2, 0.25) is 11.6 Å². The van der Waals surface area contributed by atoms with E-state index in [1.165, 1.54) is 0 Å². The summed E-state index contributed by atoms with van der Waals surface area (Å²) in [6, 6.07) is 18.9. The van der Waals surface area contributed by atoms with E-state index in [1.54, 1.807) is 6.08 Å². The molecule has 2 nitrogen and oxygen atoms in total. The van der Waals surface area contributed by atoms with E-state index in [0.29, 0.717) is 5.57 Å². The van der Waals surface area contributed by atoms with Crippen LogP contribution >= 0.6 is 0 Å². The standard InChI is InChI=1S/C20H20O2/c1-15(2)13-19(21)20(22)18(17-11-7-4-8-12-17)14-16-9-5-3-6-10-16/h3-12,14-15H,13H2,1-2H3/b18-14+. The van der Waals surface area contributed by atoms with Crippen molar-refractivity contribution in [2.45, 2.75) is 20.3 Å². The molecule has 2 aromatic carbocycles. The Morgan fingerprint density at radius 1 is 0.909 bits per heavy atom. The van der Waals surface area contributed by atoms with Crippen molar-refractivity contribution in [2.24, 2.45) is 5.92 Å². The fourth-order valence-electron chi connectivity index (χ4n) is 2.23. The summed E-state index contributed by atoms with van der Waals surface area (Å²) in [6.07, 6.45) is 2.06. The number of hydrogen-bond acceptors (Lipinski definition) is 2. The van der Waals surface area contributed by atoms with Crippen molar-refractivity contribution in [3.05, 3.63) is 71.8 Å². The summed E-state index contributed by atoms with van der Waals surface area (Å²) in [7, 11) is 0. The predicted octanol–water partition coefficient (Wildman–Crippen LogP) is 4.41. The molecule has 2 rings (SSSR count). The molecule has 0 aliphatic rings. The van der Waals surface area contributed by atoms with E-state index in [-0.39, 0.29) is 18.1 Å². The van der Waals surface area contributed by atoms with Gasteiger partial charge in [-0.05, 0) is 23.1 Å². The zero-order chi connectivity index (χ0) is 15.9. The number of rotatable bonds is 6. The van der Waals surface area contributed by atoms with E-state index in [0.717, 1.165) is 11.1 Å². The van der Waals surface area contributed by atoms with Crippen molar-refractivity contribution in [3.63, 3.8) is 0 Å². The molecular formula is C20H20O2. The molecule has 0 N–H and O–H groups in total. The molecule has 0 saturated heterocycles. The maximum Gasteiger partial charge on any atom is 0.229 e. The normalized spacial score (nSPS) is 11.5. The number of carbonyl (C=O) groups is 2. The summed E-state index contributed by atoms with van der Waals surface area (Å²) in [5.74, 6) is -0.574. The molecule has 22 heavy (non-hydrogen) atoms. The third kappa shape index (κ3) is 4.26. The van der Waals surface area contributed by atoms with Gasteiger partial charge < -0.3 is 0 Å². The number of benzene rings is 2. The second-order valence-electron chi connectivity index (χ2n) is 5.68. The lowest BCUT2D eigenvalue weighted by molar-refractivity contribution is -0.133. The van der Waals surface area contributed by atoms with Crippen molar-refractivity contribution < 1.29 is 9.59 Å². The second-order valence-corrected chi connectivity index (χ2v) is 5.68. The highest BCUT2D eigenvalue weighted by atomic mass is 16.2. The van der Waals surface area contributed by atoms with Gasteiger partial charge >= 0.3 is 0 Å². The van der Waals surface area contributed by atoms with Crippen LogP contribution in [-0.4, -0.2) is 11.6 Å². The van der Waals surface area contributed by atoms with Gasteiger partial charge in [-0.3, -0.25) is 9.59 Å². The SMILES string of the molecule is CC(C)CC(=O)C(=O)/C(=C/c1ccccc1)c1ccccc1. The Morgan fingerprint density at radius 2 is 1.45 bits per heavy atom. The van der Waals surface area contributed by atoms with Crippen molar-refractivity contribution in [1.82, 2.24) is 0 Å². The monoisotopic (exact) mass is 292 g/mol. The van der Waals surface area contributed by atoms with E-state index < -0.39 is 5.78 Å². The Balaban J connectivity index is 2.41. The Bertz CT molecular complexity index is 667. The Kier molecular flexibility index (Phi) is 5.42. The average molecular weight is 292 g/mol. The van der Waals surface area contributed by atoms with Crippen LogP contribution in [0.25, 0.3) is 11.6 Å². The van der Waals surface area contributed by atoms with Gasteiger partial charge in [0.15, 0.2) is 0 Å². The molecule has 0 saturated carbocycles. The fraction of sp³-hybridized carbons (Fsp3) is 0.200. The zero-order valence-corrected chi connectivity index (χ0v) is 13.0. The summed E-state index contributed by atoms with van der Waals surface area (Å²) in [5, 5.41) is 0. The lowest BCUT2D eigenvalue weighted by atomic mass is 9.93. The molecule has 0 aromatic heterocycles. The van der Waals surface area contributed by atoms with Crippen molar-refractivity contribution in [1.29, 1.82) is 0 Å². The largest absolute Gasteiger partial charge is 0.290 e. The minimum Gasteiger partial charge on any atom is -0.290 e. The van der Waals surface area contributed by atoms with Crippen LogP contribution in [-0.2, 0) is 9.59 Å². The van der Waals surface area contributed by atoms with Crippen molar-refractivity contribution >= 4 is 23.2 Å². The molecular weight excluding hydrogens is 272 g/mol. The van der Waals surface area contributed by atoms with Crippen LogP contribution in [0.3, 0.4) is 0 Å². The summed E-state index contributed by atoms with van der Waals surface area (Å²) in [4.78, 5) is 24.7. The number of allylic oxidation sites excluding steroid dienone is 1. The second kappa shape index (κ2) is 7.51. The maximum atomic E-state index is 12.6. The van der Waals surface area contributed by atoms with Gasteiger partial charge in [-0.15, -0.1) is 0 Å². The third-order valence-corrected chi connectivity index (χ3v) is 3.29. The van der Waals surface area contributed by atoms with E-state index in [2.05, 4.69) is 0 Å². The Hall–Kier alpha value is -2.48. The summed E-state index contributed by atoms with van der Waals surface area (Å²) in [6.45, 7) is 3.88. The summed E-state index contributed by atoms with van der Waals surface area (Å²) >= 11 is 0. The van der Waals surface area contributed by atoms with Crippen LogP contribution in [0, 0.1) is 5.92 Å². The Labute approximate surface area is 131 Å². The van der Waals surface area contributed by atoms with Gasteiger partial charge in [-0.1, -0.05) is 74.5 Å². The highest BCUT2D eigenvalue weighted by molar-refractivity contribution is 6.55. The molecule has 112 valence electrons. The Morgan fingerprint density at radius 3 is 2.00 bits per heavy atom. The smallest absolute Gasteiger partial charge is 0.229 e. The molecule has 0 heterocycles. The van der Waals surface area contributed by atoms with Crippen LogP contribution in [0.15, 0.2) is 60.7 Å². The first-order valence-corrected chi connectivity index (χ1v) is 7.47. The number of Topliss-reactive ketones (excluding diaryl/α,β-unsaturated/α-hetero) is 2. The minimum atomic E-state index is -0.413. The number of hydrogen-bond donors (Lipinski definition) is 0. The number of carbonyl (C=O) groups excluding carboxylic acids is 2. The van der Waals surface area contributed by atoms with Crippen LogP contribution in [0.1, 0.15) is 31.4 Å². The number of ketones is 2. The van der Waals surface area contributed by atoms with E-state index in [1.807, 2.05) is 74.5 Å². The lowest BCUT2D eigenvalue weighted by Gasteiger charge is -2.08. The first kappa shape index (κ1) is 15.9. The van der Waals surface area contributed by atoms with Gasteiger partial charge in [-0.25, -0.2) is 0 Å². The van der Waals surface area contributed by atoms with Crippen LogP contribution in [0.4, 0.5) is 0 Å². The van der Waals surface area contributed by atoms with Gasteiger partial charge in [0.1, 0.15) is 0 Å². The van der Waals surface area contributed by atoms with Gasteiger partial charge in [0.05, 0.1) is 0 Å². The molecule has 0 atom stereocenters. The van der Waals surface area contributed by atoms with Gasteiger partial charge in [0, 0.05) is 12.0 Å². The van der Waals surface area contributed by atoms with E-state index in [4.69, 9.17) is 0 Å². The van der Waals surface area contributed by atoms with E-state index in [9.17, 15) is 9.59 Å². The molecule has 0 aliphatic heterocycles. The molecule has 0 radical (unpaired) electrons. The highest BCUT2D eigenvalue weighted by Crippen LogP contribution is 2.21. The molecule has 0 aliphatic carbocycles. The highest BCUT2D eigenvalue weighted by Gasteiger charge is 2.21. The first-order valence-electron chi connectivity index (χ1n) is 7.47. The summed E-state index contributed by atoms with van der Waals surface area (Å²) in [5.41, 5.74) is 2.14. The van der Waals surface area contributed by atoms with Crippen LogP contribution in [0.2, 0.25) is 0 Å². The molecule has 0 spiro atoms. The van der Waals surface area contributed by atoms with Gasteiger partial charge in [-0.2, -0.15) is 0 Å². The topological polar surface area (TPSA) is 34.1 Å². The first-order chi connectivity index (χ1) is 10.6. The zero-order valence-electron chi connectivity index (χ0n) is 13.0. The quantitative estimate of drug-likeness (QED) is 0.449. The van der Waals surface area contributed by atoms with Crippen LogP contribution in [0.5, 0.6) is 0 Å². The maximum absolute atomic E-state index is 12.6. The van der Waals surface area contributed by atoms with Gasteiger partial charge in [0.25, 0.3) is 0 Å². The van der Waals surface area contributed by atoms with Crippen molar-refractivity contribution in [3.8, 4) is 0 Å². The average Bonchev–Trinajstić information content (AvgIpc) is 2.53. The van der Waals surface area contributed by atoms with E-state index >= 15 is 0 Å². The minimum absolute atomic E-state index is 0.171. The fourth-order valence-corrected chi connectivity index (χ4v) is 2.23. The summed E-state index contributed by atoms with van der Waals surface area (Å²) < 4.78 is 0. The third-order valence-electron chi connectivity index (χ3n) is 3.29. The molecule has 0 amide bonds. The molecule has 2 heteroatoms. The lowest BCUT2D eigenvalue weighted by Crippen LogP contribution is -2.17. The molecule has 0 fully saturated rings. The predicted molar refractivity (Wildman–Crippen MR) is 90.2 cm³/mol. The molecule has 0 bridgehead atoms. The van der Waals surface area contributed by atoms with Crippen LogP contribution < -0.4 is 0 Å². The van der Waals surface area contributed by atoms with Crippen molar-refractivity contribution in [2.75, 3.05) is 0 Å².